The number of aromatic nitrogens is 3. The Hall–Kier alpha value is -4.07. The Kier molecular flexibility index (Phi) is 4.74. The lowest BCUT2D eigenvalue weighted by atomic mass is 10.1. The van der Waals surface area contributed by atoms with Gasteiger partial charge in [0.2, 0.25) is 0 Å². The van der Waals surface area contributed by atoms with Crippen LogP contribution in [0.25, 0.3) is 11.0 Å². The van der Waals surface area contributed by atoms with E-state index in [2.05, 4.69) is 15.6 Å². The summed E-state index contributed by atoms with van der Waals surface area (Å²) in [6.07, 6.45) is -0.683. The van der Waals surface area contributed by atoms with Crippen molar-refractivity contribution in [2.75, 3.05) is 0 Å². The molecule has 0 bridgehead atoms. The highest BCUT2D eigenvalue weighted by atomic mass is 16.6. The first-order valence-electron chi connectivity index (χ1n) is 8.95. The smallest absolute Gasteiger partial charge is 0.269 e. The fourth-order valence-electron chi connectivity index (χ4n) is 3.05. The van der Waals surface area contributed by atoms with Crippen LogP contribution in [0, 0.1) is 17.0 Å². The second-order valence-electron chi connectivity index (χ2n) is 6.61. The summed E-state index contributed by atoms with van der Waals surface area (Å²) in [5.41, 5.74) is 3.60. The lowest BCUT2D eigenvalue weighted by Gasteiger charge is -2.20. The van der Waals surface area contributed by atoms with E-state index in [0.29, 0.717) is 16.6 Å². The zero-order chi connectivity index (χ0) is 20.4. The number of carbonyl (C=O) groups excluding carboxylic acids is 1. The average molecular weight is 387 g/mol. The third-order valence-corrected chi connectivity index (χ3v) is 4.62. The molecule has 3 aromatic carbocycles. The first-order chi connectivity index (χ1) is 14.0. The van der Waals surface area contributed by atoms with Crippen molar-refractivity contribution in [2.45, 2.75) is 13.1 Å². The molecule has 4 aromatic rings. The van der Waals surface area contributed by atoms with Gasteiger partial charge in [-0.05, 0) is 48.9 Å². The predicted octanol–water partition coefficient (Wildman–Crippen LogP) is 3.62. The Bertz CT molecular complexity index is 1180. The van der Waals surface area contributed by atoms with Crippen molar-refractivity contribution in [1.29, 1.82) is 0 Å². The Balaban J connectivity index is 1.75. The van der Waals surface area contributed by atoms with E-state index in [1.54, 1.807) is 28.9 Å². The Morgan fingerprint density at radius 1 is 1.03 bits per heavy atom. The summed E-state index contributed by atoms with van der Waals surface area (Å²) >= 11 is 0. The number of para-hydroxylation sites is 1. The maximum Gasteiger partial charge on any atom is 0.269 e. The second kappa shape index (κ2) is 7.51. The van der Waals surface area contributed by atoms with Gasteiger partial charge in [-0.2, -0.15) is 0 Å². The van der Waals surface area contributed by atoms with E-state index in [4.69, 9.17) is 0 Å². The average Bonchev–Trinajstić information content (AvgIpc) is 3.16. The fourth-order valence-corrected chi connectivity index (χ4v) is 3.05. The molecule has 8 heteroatoms. The Labute approximate surface area is 165 Å². The number of rotatable bonds is 5. The maximum atomic E-state index is 12.9. The minimum absolute atomic E-state index is 0.0270. The largest absolute Gasteiger partial charge is 0.326 e. The van der Waals surface area contributed by atoms with Crippen LogP contribution in [-0.4, -0.2) is 25.8 Å². The van der Waals surface area contributed by atoms with Gasteiger partial charge in [-0.3, -0.25) is 14.9 Å². The molecule has 0 aliphatic heterocycles. The monoisotopic (exact) mass is 387 g/mol. The minimum Gasteiger partial charge on any atom is -0.326 e. The van der Waals surface area contributed by atoms with E-state index in [9.17, 15) is 14.9 Å². The first kappa shape index (κ1) is 18.3. The maximum absolute atomic E-state index is 12.9. The number of nitrogens with zero attached hydrogens (tertiary/aromatic N) is 4. The molecule has 1 atom stereocenters. The molecule has 0 saturated heterocycles. The van der Waals surface area contributed by atoms with Crippen molar-refractivity contribution in [3.05, 3.63) is 99.6 Å². The molecule has 1 amide bonds. The zero-order valence-electron chi connectivity index (χ0n) is 15.5. The molecule has 29 heavy (non-hydrogen) atoms. The molecular weight excluding hydrogens is 370 g/mol. The van der Waals surface area contributed by atoms with Gasteiger partial charge in [-0.15, -0.1) is 5.10 Å². The fraction of sp³-hybridized carbons (Fsp3) is 0.0952. The van der Waals surface area contributed by atoms with Crippen LogP contribution in [0.15, 0.2) is 72.8 Å². The lowest BCUT2D eigenvalue weighted by Crippen LogP contribution is -2.34. The van der Waals surface area contributed by atoms with E-state index in [1.807, 2.05) is 43.3 Å². The van der Waals surface area contributed by atoms with Crippen molar-refractivity contribution in [3.8, 4) is 0 Å². The number of nitro groups is 1. The number of non-ortho nitro benzene ring substituents is 1. The van der Waals surface area contributed by atoms with Crippen LogP contribution in [0.2, 0.25) is 0 Å². The van der Waals surface area contributed by atoms with Gasteiger partial charge < -0.3 is 5.32 Å². The van der Waals surface area contributed by atoms with Crippen molar-refractivity contribution in [2.24, 2.45) is 0 Å². The standard InChI is InChI=1S/C21H17N5O3/c1-14-6-8-16(9-7-14)21(27)22-20(15-10-12-17(13-11-15)26(28)29)25-19-5-3-2-4-18(19)23-24-25/h2-13,20H,1H3,(H,22,27). The molecule has 0 aliphatic rings. The molecule has 0 spiro atoms. The molecule has 1 heterocycles. The first-order valence-corrected chi connectivity index (χ1v) is 8.95. The molecule has 8 nitrogen and oxygen atoms in total. The molecule has 1 N–H and O–H groups in total. The number of hydrogen-bond donors (Lipinski definition) is 1. The Morgan fingerprint density at radius 3 is 2.41 bits per heavy atom. The lowest BCUT2D eigenvalue weighted by molar-refractivity contribution is -0.384. The molecule has 0 radical (unpaired) electrons. The van der Waals surface area contributed by atoms with E-state index < -0.39 is 11.1 Å². The minimum atomic E-state index is -0.683. The Morgan fingerprint density at radius 2 is 1.72 bits per heavy atom. The van der Waals surface area contributed by atoms with Crippen LogP contribution in [0.1, 0.15) is 27.7 Å². The van der Waals surface area contributed by atoms with Crippen LogP contribution in [0.3, 0.4) is 0 Å². The quantitative estimate of drug-likeness (QED) is 0.416. The zero-order valence-corrected chi connectivity index (χ0v) is 15.5. The highest BCUT2D eigenvalue weighted by Crippen LogP contribution is 2.23. The van der Waals surface area contributed by atoms with Crippen LogP contribution < -0.4 is 5.32 Å². The van der Waals surface area contributed by atoms with E-state index in [0.717, 1.165) is 11.1 Å². The number of fused-ring (bicyclic) bond motifs is 1. The molecule has 4 rings (SSSR count). The number of benzene rings is 3. The van der Waals surface area contributed by atoms with Gasteiger partial charge in [0.05, 0.1) is 10.4 Å². The van der Waals surface area contributed by atoms with Crippen LogP contribution >= 0.6 is 0 Å². The second-order valence-corrected chi connectivity index (χ2v) is 6.61. The molecule has 1 aromatic heterocycles. The van der Waals surface area contributed by atoms with E-state index in [-0.39, 0.29) is 11.6 Å². The highest BCUT2D eigenvalue weighted by molar-refractivity contribution is 5.94. The molecule has 0 aliphatic carbocycles. The molecule has 144 valence electrons. The summed E-state index contributed by atoms with van der Waals surface area (Å²) in [5, 5.41) is 22.3. The predicted molar refractivity (Wildman–Crippen MR) is 107 cm³/mol. The summed E-state index contributed by atoms with van der Waals surface area (Å²) in [4.78, 5) is 23.4. The molecule has 0 saturated carbocycles. The third kappa shape index (κ3) is 3.68. The summed E-state index contributed by atoms with van der Waals surface area (Å²) in [6, 6.07) is 20.6. The number of nitrogens with one attached hydrogen (secondary N) is 1. The van der Waals surface area contributed by atoms with Crippen LogP contribution in [-0.2, 0) is 0 Å². The van der Waals surface area contributed by atoms with Crippen molar-refractivity contribution >= 4 is 22.6 Å². The van der Waals surface area contributed by atoms with Gasteiger partial charge in [0.25, 0.3) is 11.6 Å². The van der Waals surface area contributed by atoms with Gasteiger partial charge in [-0.1, -0.05) is 35.0 Å². The van der Waals surface area contributed by atoms with Crippen LogP contribution in [0.5, 0.6) is 0 Å². The molecule has 0 fully saturated rings. The number of aryl methyl sites for hydroxylation is 1. The van der Waals surface area contributed by atoms with Gasteiger partial charge in [-0.25, -0.2) is 4.68 Å². The molecular formula is C21H17N5O3. The topological polar surface area (TPSA) is 103 Å². The number of hydrogen-bond acceptors (Lipinski definition) is 5. The summed E-state index contributed by atoms with van der Waals surface area (Å²) in [7, 11) is 0. The summed E-state index contributed by atoms with van der Waals surface area (Å²) < 4.78 is 1.60. The van der Waals surface area contributed by atoms with Crippen LogP contribution in [0.4, 0.5) is 5.69 Å². The molecule has 1 unspecified atom stereocenters. The van der Waals surface area contributed by atoms with E-state index in [1.165, 1.54) is 12.1 Å². The number of nitro benzene ring substituents is 1. The van der Waals surface area contributed by atoms with Gasteiger partial charge >= 0.3 is 0 Å². The number of carbonyl (C=O) groups is 1. The third-order valence-electron chi connectivity index (χ3n) is 4.62. The van der Waals surface area contributed by atoms with Crippen molar-refractivity contribution < 1.29 is 9.72 Å². The summed E-state index contributed by atoms with van der Waals surface area (Å²) in [6.45, 7) is 1.95. The van der Waals surface area contributed by atoms with E-state index >= 15 is 0 Å². The van der Waals surface area contributed by atoms with Gasteiger partial charge in [0.1, 0.15) is 5.52 Å². The van der Waals surface area contributed by atoms with Crippen molar-refractivity contribution in [1.82, 2.24) is 20.3 Å². The summed E-state index contributed by atoms with van der Waals surface area (Å²) in [5.74, 6) is -0.284. The van der Waals surface area contributed by atoms with Gasteiger partial charge in [0, 0.05) is 17.7 Å². The normalized spacial score (nSPS) is 11.9. The highest BCUT2D eigenvalue weighted by Gasteiger charge is 2.21. The number of amides is 1. The SMILES string of the molecule is Cc1ccc(C(=O)NC(c2ccc([N+](=O)[O-])cc2)n2nnc3ccccc32)cc1. The van der Waals surface area contributed by atoms with Gasteiger partial charge in [0.15, 0.2) is 6.17 Å². The van der Waals surface area contributed by atoms with Crippen molar-refractivity contribution in [3.63, 3.8) is 0 Å².